The Kier molecular flexibility index (Phi) is 4.47. The van der Waals surface area contributed by atoms with E-state index in [0.717, 1.165) is 16.6 Å². The minimum atomic E-state index is 0.0386. The quantitative estimate of drug-likeness (QED) is 0.749. The molecule has 1 rings (SSSR count). The summed E-state index contributed by atoms with van der Waals surface area (Å²) in [6, 6.07) is 6.07. The first-order chi connectivity index (χ1) is 7.01. The number of ether oxygens (including phenoxy) is 1. The van der Waals surface area contributed by atoms with Gasteiger partial charge >= 0.3 is 0 Å². The maximum absolute atomic E-state index is 5.82. The first-order valence-electron chi connectivity index (χ1n) is 4.91. The average Bonchev–Trinajstić information content (AvgIpc) is 2.17. The van der Waals surface area contributed by atoms with Crippen LogP contribution in [-0.2, 0) is 5.41 Å². The van der Waals surface area contributed by atoms with Crippen LogP contribution >= 0.6 is 27.5 Å². The Morgan fingerprint density at radius 2 is 2.07 bits per heavy atom. The molecule has 1 aromatic rings. The van der Waals surface area contributed by atoms with Crippen LogP contribution in [-0.4, -0.2) is 13.0 Å². The van der Waals surface area contributed by atoms with Crippen molar-refractivity contribution in [1.29, 1.82) is 0 Å². The molecule has 0 fully saturated rings. The molecular weight excluding hydrogens is 275 g/mol. The molecule has 0 aromatic heterocycles. The standard InChI is InChI=1S/C12H16BrClO/c1-12(2,6-7-14)10-8-9(13)4-5-11(10)15-3/h4-5,8H,6-7H2,1-3H3. The fourth-order valence-corrected chi connectivity index (χ4v) is 2.41. The second-order valence-electron chi connectivity index (χ2n) is 4.17. The fraction of sp³-hybridized carbons (Fsp3) is 0.500. The summed E-state index contributed by atoms with van der Waals surface area (Å²) in [7, 11) is 1.70. The van der Waals surface area contributed by atoms with Gasteiger partial charge in [0, 0.05) is 15.9 Å². The summed E-state index contributed by atoms with van der Waals surface area (Å²) < 4.78 is 6.44. The third-order valence-corrected chi connectivity index (χ3v) is 3.29. The Labute approximate surface area is 105 Å². The number of hydrogen-bond donors (Lipinski definition) is 0. The molecule has 0 spiro atoms. The monoisotopic (exact) mass is 290 g/mol. The second kappa shape index (κ2) is 5.22. The molecule has 15 heavy (non-hydrogen) atoms. The number of benzene rings is 1. The molecule has 1 nitrogen and oxygen atoms in total. The molecule has 0 saturated heterocycles. The van der Waals surface area contributed by atoms with Gasteiger partial charge in [-0.3, -0.25) is 0 Å². The van der Waals surface area contributed by atoms with E-state index in [2.05, 4.69) is 35.8 Å². The highest BCUT2D eigenvalue weighted by atomic mass is 79.9. The lowest BCUT2D eigenvalue weighted by molar-refractivity contribution is 0.389. The average molecular weight is 292 g/mol. The zero-order valence-electron chi connectivity index (χ0n) is 9.31. The summed E-state index contributed by atoms with van der Waals surface area (Å²) >= 11 is 9.30. The van der Waals surface area contributed by atoms with Crippen LogP contribution in [0.25, 0.3) is 0 Å². The van der Waals surface area contributed by atoms with Gasteiger partial charge in [-0.25, -0.2) is 0 Å². The number of alkyl halides is 1. The summed E-state index contributed by atoms with van der Waals surface area (Å²) in [5, 5.41) is 0. The normalized spacial score (nSPS) is 11.5. The molecule has 84 valence electrons. The lowest BCUT2D eigenvalue weighted by Gasteiger charge is -2.26. The number of methoxy groups -OCH3 is 1. The van der Waals surface area contributed by atoms with Crippen molar-refractivity contribution in [2.45, 2.75) is 25.7 Å². The maximum Gasteiger partial charge on any atom is 0.122 e. The maximum atomic E-state index is 5.82. The zero-order valence-corrected chi connectivity index (χ0v) is 11.7. The predicted octanol–water partition coefficient (Wildman–Crippen LogP) is 4.36. The third kappa shape index (κ3) is 3.12. The van der Waals surface area contributed by atoms with Crippen LogP contribution in [0.2, 0.25) is 0 Å². The third-order valence-electron chi connectivity index (χ3n) is 2.61. The van der Waals surface area contributed by atoms with Gasteiger partial charge in [0.2, 0.25) is 0 Å². The van der Waals surface area contributed by atoms with Crippen LogP contribution in [0.5, 0.6) is 5.75 Å². The van der Waals surface area contributed by atoms with E-state index in [1.807, 2.05) is 12.1 Å². The summed E-state index contributed by atoms with van der Waals surface area (Å²) in [6.45, 7) is 4.36. The minimum absolute atomic E-state index is 0.0386. The first kappa shape index (κ1) is 12.9. The second-order valence-corrected chi connectivity index (χ2v) is 5.46. The van der Waals surface area contributed by atoms with Crippen LogP contribution in [0.3, 0.4) is 0 Å². The highest BCUT2D eigenvalue weighted by Gasteiger charge is 2.23. The van der Waals surface area contributed by atoms with Crippen molar-refractivity contribution in [2.24, 2.45) is 0 Å². The van der Waals surface area contributed by atoms with Gasteiger partial charge in [0.15, 0.2) is 0 Å². The van der Waals surface area contributed by atoms with Crippen LogP contribution in [0.1, 0.15) is 25.8 Å². The van der Waals surface area contributed by atoms with Gasteiger partial charge < -0.3 is 4.74 Å². The van der Waals surface area contributed by atoms with Gasteiger partial charge in [0.25, 0.3) is 0 Å². The fourth-order valence-electron chi connectivity index (χ4n) is 1.58. The molecule has 0 aliphatic carbocycles. The van der Waals surface area contributed by atoms with E-state index in [9.17, 15) is 0 Å². The largest absolute Gasteiger partial charge is 0.496 e. The zero-order chi connectivity index (χ0) is 11.5. The molecule has 3 heteroatoms. The van der Waals surface area contributed by atoms with E-state index in [1.54, 1.807) is 7.11 Å². The van der Waals surface area contributed by atoms with Gasteiger partial charge in [0.05, 0.1) is 7.11 Å². The van der Waals surface area contributed by atoms with Crippen molar-refractivity contribution in [3.8, 4) is 5.75 Å². The van der Waals surface area contributed by atoms with Crippen LogP contribution in [0, 0.1) is 0 Å². The molecule has 0 unspecified atom stereocenters. The molecule has 0 aliphatic heterocycles. The lowest BCUT2D eigenvalue weighted by Crippen LogP contribution is -2.18. The molecular formula is C12H16BrClO. The highest BCUT2D eigenvalue weighted by Crippen LogP contribution is 2.36. The van der Waals surface area contributed by atoms with Crippen LogP contribution < -0.4 is 4.74 Å². The molecule has 0 bridgehead atoms. The Morgan fingerprint density at radius 3 is 2.60 bits per heavy atom. The summed E-state index contributed by atoms with van der Waals surface area (Å²) in [5.41, 5.74) is 1.23. The van der Waals surface area contributed by atoms with Crippen molar-refractivity contribution in [3.05, 3.63) is 28.2 Å². The summed E-state index contributed by atoms with van der Waals surface area (Å²) in [6.07, 6.45) is 0.932. The summed E-state index contributed by atoms with van der Waals surface area (Å²) in [5.74, 6) is 1.58. The number of rotatable bonds is 4. The van der Waals surface area contributed by atoms with Crippen molar-refractivity contribution in [2.75, 3.05) is 13.0 Å². The van der Waals surface area contributed by atoms with E-state index >= 15 is 0 Å². The van der Waals surface area contributed by atoms with Gasteiger partial charge in [-0.1, -0.05) is 29.8 Å². The Balaban J connectivity index is 3.15. The van der Waals surface area contributed by atoms with E-state index in [0.29, 0.717) is 5.88 Å². The van der Waals surface area contributed by atoms with Gasteiger partial charge in [-0.15, -0.1) is 11.6 Å². The van der Waals surface area contributed by atoms with Gasteiger partial charge in [-0.2, -0.15) is 0 Å². The summed E-state index contributed by atoms with van der Waals surface area (Å²) in [4.78, 5) is 0. The molecule has 0 radical (unpaired) electrons. The van der Waals surface area contributed by atoms with Crippen LogP contribution in [0.4, 0.5) is 0 Å². The molecule has 0 amide bonds. The van der Waals surface area contributed by atoms with E-state index in [1.165, 1.54) is 5.56 Å². The van der Waals surface area contributed by atoms with Crippen LogP contribution in [0.15, 0.2) is 22.7 Å². The molecule has 1 aromatic carbocycles. The Bertz CT molecular complexity index is 336. The Hall–Kier alpha value is -0.210. The first-order valence-corrected chi connectivity index (χ1v) is 6.24. The van der Waals surface area contributed by atoms with E-state index in [4.69, 9.17) is 16.3 Å². The smallest absolute Gasteiger partial charge is 0.122 e. The van der Waals surface area contributed by atoms with Crippen molar-refractivity contribution in [1.82, 2.24) is 0 Å². The molecule has 0 aliphatic rings. The topological polar surface area (TPSA) is 9.23 Å². The van der Waals surface area contributed by atoms with Crippen molar-refractivity contribution >= 4 is 27.5 Å². The van der Waals surface area contributed by atoms with Gasteiger partial charge in [0.1, 0.15) is 5.75 Å². The molecule has 0 saturated carbocycles. The lowest BCUT2D eigenvalue weighted by atomic mass is 9.81. The van der Waals surface area contributed by atoms with Crippen molar-refractivity contribution in [3.63, 3.8) is 0 Å². The van der Waals surface area contributed by atoms with E-state index in [-0.39, 0.29) is 5.41 Å². The SMILES string of the molecule is COc1ccc(Br)cc1C(C)(C)CCCl. The number of hydrogen-bond acceptors (Lipinski definition) is 1. The van der Waals surface area contributed by atoms with Crippen molar-refractivity contribution < 1.29 is 4.74 Å². The molecule has 0 N–H and O–H groups in total. The highest BCUT2D eigenvalue weighted by molar-refractivity contribution is 9.10. The van der Waals surface area contributed by atoms with E-state index < -0.39 is 0 Å². The predicted molar refractivity (Wildman–Crippen MR) is 69.1 cm³/mol. The molecule has 0 atom stereocenters. The van der Waals surface area contributed by atoms with Gasteiger partial charge in [-0.05, 0) is 30.0 Å². The Morgan fingerprint density at radius 1 is 1.40 bits per heavy atom. The molecule has 0 heterocycles. The number of halogens is 2. The minimum Gasteiger partial charge on any atom is -0.496 e.